The Morgan fingerprint density at radius 1 is 0.852 bits per heavy atom. The highest BCUT2D eigenvalue weighted by atomic mass is 16.4. The molecule has 0 unspecified atom stereocenters. The van der Waals surface area contributed by atoms with E-state index in [2.05, 4.69) is 10.2 Å². The van der Waals surface area contributed by atoms with E-state index in [0.717, 1.165) is 5.56 Å². The zero-order chi connectivity index (χ0) is 18.4. The first-order valence-corrected chi connectivity index (χ1v) is 8.13. The molecule has 7 heteroatoms. The van der Waals surface area contributed by atoms with Gasteiger partial charge < -0.3 is 13.3 Å². The van der Waals surface area contributed by atoms with Crippen molar-refractivity contribution in [3.8, 4) is 22.9 Å². The third-order valence-electron chi connectivity index (χ3n) is 4.25. The van der Waals surface area contributed by atoms with Crippen LogP contribution in [-0.4, -0.2) is 10.2 Å². The molecule has 0 aliphatic heterocycles. The summed E-state index contributed by atoms with van der Waals surface area (Å²) < 4.78 is 16.8. The second-order valence-electron chi connectivity index (χ2n) is 5.91. The van der Waals surface area contributed by atoms with E-state index in [0.29, 0.717) is 33.4 Å². The van der Waals surface area contributed by atoms with Crippen molar-refractivity contribution >= 4 is 21.9 Å². The summed E-state index contributed by atoms with van der Waals surface area (Å²) in [6, 6.07) is 15.6. The first kappa shape index (κ1) is 15.3. The fraction of sp³-hybridized carbons (Fsp3) is 0. The number of rotatable bonds is 2. The van der Waals surface area contributed by atoms with E-state index in [4.69, 9.17) is 18.7 Å². The Kier molecular flexibility index (Phi) is 3.26. The zero-order valence-corrected chi connectivity index (χ0v) is 13.8. The van der Waals surface area contributed by atoms with Crippen molar-refractivity contribution < 1.29 is 13.3 Å². The molecule has 0 radical (unpaired) electrons. The van der Waals surface area contributed by atoms with E-state index in [1.807, 2.05) is 30.3 Å². The number of benzene rings is 2. The van der Waals surface area contributed by atoms with Gasteiger partial charge in [0.25, 0.3) is 5.89 Å². The van der Waals surface area contributed by atoms with Crippen LogP contribution in [0.1, 0.15) is 0 Å². The first-order valence-electron chi connectivity index (χ1n) is 8.13. The van der Waals surface area contributed by atoms with Gasteiger partial charge in [-0.2, -0.15) is 0 Å². The molecule has 0 aliphatic carbocycles. The number of nitrogens with one attached hydrogen (secondary N) is 1. The molecular formula is C20H11N3O4. The molecule has 3 aromatic heterocycles. The summed E-state index contributed by atoms with van der Waals surface area (Å²) in [4.78, 5) is 12.0. The Hall–Kier alpha value is -4.00. The molecule has 7 nitrogen and oxygen atoms in total. The molecule has 0 saturated carbocycles. The smallest absolute Gasteiger partial charge is 0.253 e. The molecule has 0 atom stereocenters. The van der Waals surface area contributed by atoms with Gasteiger partial charge in [-0.3, -0.25) is 10.2 Å². The van der Waals surface area contributed by atoms with E-state index in [9.17, 15) is 4.79 Å². The van der Waals surface area contributed by atoms with Gasteiger partial charge in [0.2, 0.25) is 11.4 Å². The highest BCUT2D eigenvalue weighted by Crippen LogP contribution is 2.27. The number of fused-ring (bicyclic) bond motifs is 3. The van der Waals surface area contributed by atoms with Crippen LogP contribution in [0.2, 0.25) is 0 Å². The van der Waals surface area contributed by atoms with Crippen molar-refractivity contribution in [1.29, 1.82) is 5.41 Å². The zero-order valence-electron chi connectivity index (χ0n) is 13.8. The molecule has 2 aromatic carbocycles. The van der Waals surface area contributed by atoms with Crippen molar-refractivity contribution in [2.24, 2.45) is 0 Å². The summed E-state index contributed by atoms with van der Waals surface area (Å²) in [5, 5.41) is 17.2. The highest BCUT2D eigenvalue weighted by Gasteiger charge is 2.16. The number of aromatic nitrogens is 2. The van der Waals surface area contributed by atoms with E-state index in [-0.39, 0.29) is 16.9 Å². The van der Waals surface area contributed by atoms with Crippen molar-refractivity contribution in [3.63, 3.8) is 0 Å². The Balaban J connectivity index is 1.74. The van der Waals surface area contributed by atoms with Gasteiger partial charge in [0.15, 0.2) is 5.43 Å². The maximum absolute atomic E-state index is 12.0. The van der Waals surface area contributed by atoms with Crippen molar-refractivity contribution in [3.05, 3.63) is 76.6 Å². The van der Waals surface area contributed by atoms with Crippen LogP contribution >= 0.6 is 0 Å². The predicted molar refractivity (Wildman–Crippen MR) is 96.8 cm³/mol. The second-order valence-corrected chi connectivity index (χ2v) is 5.91. The van der Waals surface area contributed by atoms with Gasteiger partial charge in [-0.15, -0.1) is 10.2 Å². The van der Waals surface area contributed by atoms with E-state index in [1.54, 1.807) is 18.2 Å². The lowest BCUT2D eigenvalue weighted by molar-refractivity contribution is 0.524. The van der Waals surface area contributed by atoms with Gasteiger partial charge in [0.1, 0.15) is 16.7 Å². The van der Waals surface area contributed by atoms with Crippen molar-refractivity contribution in [2.45, 2.75) is 0 Å². The largest absolute Gasteiger partial charge is 0.463 e. The molecule has 0 fully saturated rings. The molecule has 1 N–H and O–H groups in total. The molecule has 5 rings (SSSR count). The van der Waals surface area contributed by atoms with E-state index in [1.165, 1.54) is 12.3 Å². The maximum atomic E-state index is 12.0. The SMILES string of the molecule is N=c1oc2ccc3c(=O)ccoc3c2cc1-c1nnc(-c2ccccc2)o1. The van der Waals surface area contributed by atoms with Gasteiger partial charge in [-0.1, -0.05) is 18.2 Å². The Morgan fingerprint density at radius 3 is 2.52 bits per heavy atom. The van der Waals surface area contributed by atoms with Crippen LogP contribution in [0, 0.1) is 5.41 Å². The van der Waals surface area contributed by atoms with Gasteiger partial charge >= 0.3 is 0 Å². The average molecular weight is 357 g/mol. The van der Waals surface area contributed by atoms with Gasteiger partial charge in [-0.05, 0) is 30.3 Å². The molecule has 0 bridgehead atoms. The third kappa shape index (κ3) is 2.44. The lowest BCUT2D eigenvalue weighted by Crippen LogP contribution is -2.04. The quantitative estimate of drug-likeness (QED) is 0.482. The van der Waals surface area contributed by atoms with Crippen LogP contribution in [0.5, 0.6) is 0 Å². The van der Waals surface area contributed by atoms with Crippen molar-refractivity contribution in [1.82, 2.24) is 10.2 Å². The monoisotopic (exact) mass is 357 g/mol. The minimum Gasteiger partial charge on any atom is -0.463 e. The fourth-order valence-electron chi connectivity index (χ4n) is 2.94. The summed E-state index contributed by atoms with van der Waals surface area (Å²) >= 11 is 0. The Morgan fingerprint density at radius 2 is 1.67 bits per heavy atom. The molecule has 130 valence electrons. The van der Waals surface area contributed by atoms with Crippen LogP contribution < -0.4 is 11.0 Å². The normalized spacial score (nSPS) is 11.3. The topological polar surface area (TPSA) is 106 Å². The molecular weight excluding hydrogens is 346 g/mol. The molecule has 0 aliphatic rings. The number of nitrogens with zero attached hydrogens (tertiary/aromatic N) is 2. The standard InChI is InChI=1S/C20H11N3O4/c21-18-14(20-23-22-19(27-20)11-4-2-1-3-5-11)10-13-16(26-18)7-6-12-15(24)8-9-25-17(12)13/h1-10,21H. The van der Waals surface area contributed by atoms with E-state index < -0.39 is 0 Å². The summed E-state index contributed by atoms with van der Waals surface area (Å²) in [5.74, 6) is 0.495. The predicted octanol–water partition coefficient (Wildman–Crippen LogP) is 3.74. The van der Waals surface area contributed by atoms with Crippen LogP contribution in [0.15, 0.2) is 78.9 Å². The van der Waals surface area contributed by atoms with Crippen LogP contribution in [-0.2, 0) is 0 Å². The minimum absolute atomic E-state index is 0.122. The maximum Gasteiger partial charge on any atom is 0.253 e. The minimum atomic E-state index is -0.154. The first-order chi connectivity index (χ1) is 13.2. The molecule has 27 heavy (non-hydrogen) atoms. The van der Waals surface area contributed by atoms with E-state index >= 15 is 0 Å². The summed E-state index contributed by atoms with van der Waals surface area (Å²) in [7, 11) is 0. The fourth-order valence-corrected chi connectivity index (χ4v) is 2.94. The molecule has 3 heterocycles. The van der Waals surface area contributed by atoms with Gasteiger partial charge in [0, 0.05) is 11.6 Å². The number of hydrogen-bond donors (Lipinski definition) is 1. The summed E-state index contributed by atoms with van der Waals surface area (Å²) in [6.45, 7) is 0. The lowest BCUT2D eigenvalue weighted by Gasteiger charge is -2.03. The molecule has 5 aromatic rings. The molecule has 0 spiro atoms. The number of hydrogen-bond acceptors (Lipinski definition) is 7. The summed E-state index contributed by atoms with van der Waals surface area (Å²) in [5.41, 5.74) is 1.62. The van der Waals surface area contributed by atoms with Crippen LogP contribution in [0.3, 0.4) is 0 Å². The Bertz CT molecular complexity index is 1410. The molecule has 0 amide bonds. The Labute approximate surface area is 151 Å². The molecule has 0 saturated heterocycles. The third-order valence-corrected chi connectivity index (χ3v) is 4.25. The highest BCUT2D eigenvalue weighted by molar-refractivity contribution is 6.02. The average Bonchev–Trinajstić information content (AvgIpc) is 3.18. The van der Waals surface area contributed by atoms with Crippen LogP contribution in [0.4, 0.5) is 0 Å². The lowest BCUT2D eigenvalue weighted by atomic mass is 10.1. The van der Waals surface area contributed by atoms with Gasteiger partial charge in [0.05, 0.1) is 17.0 Å². The summed E-state index contributed by atoms with van der Waals surface area (Å²) in [6.07, 6.45) is 1.33. The van der Waals surface area contributed by atoms with Crippen molar-refractivity contribution in [2.75, 3.05) is 0 Å². The van der Waals surface area contributed by atoms with Gasteiger partial charge in [-0.25, -0.2) is 0 Å². The second kappa shape index (κ2) is 5.77. The van der Waals surface area contributed by atoms with Crippen LogP contribution in [0.25, 0.3) is 44.8 Å².